The minimum absolute atomic E-state index is 0.00351. The van der Waals surface area contributed by atoms with Crippen molar-refractivity contribution < 1.29 is 23.5 Å². The van der Waals surface area contributed by atoms with E-state index < -0.39 is 11.8 Å². The van der Waals surface area contributed by atoms with Crippen LogP contribution in [0.15, 0.2) is 48.5 Å². The van der Waals surface area contributed by atoms with Crippen LogP contribution in [-0.2, 0) is 20.9 Å². The normalized spacial score (nSPS) is 10.2. The summed E-state index contributed by atoms with van der Waals surface area (Å²) in [6.07, 6.45) is 0.00351. The molecule has 0 saturated heterocycles. The van der Waals surface area contributed by atoms with E-state index in [0.29, 0.717) is 11.3 Å². The molecule has 6 nitrogen and oxygen atoms in total. The van der Waals surface area contributed by atoms with Gasteiger partial charge in [0.25, 0.3) is 0 Å². The predicted molar refractivity (Wildman–Crippen MR) is 98.7 cm³/mol. The molecule has 0 aliphatic carbocycles. The van der Waals surface area contributed by atoms with Crippen LogP contribution >= 0.6 is 0 Å². The SMILES string of the molecule is COC(=O)c1ccccc1N(CCC(=O)NCc1ccccc1F)C(C)=O. The second-order valence-electron chi connectivity index (χ2n) is 5.80. The van der Waals surface area contributed by atoms with Crippen molar-refractivity contribution in [2.24, 2.45) is 0 Å². The van der Waals surface area contributed by atoms with Crippen molar-refractivity contribution in [1.82, 2.24) is 5.32 Å². The molecule has 0 aromatic heterocycles. The Balaban J connectivity index is 2.03. The van der Waals surface area contributed by atoms with Gasteiger partial charge < -0.3 is 15.0 Å². The third-order valence-electron chi connectivity index (χ3n) is 3.98. The van der Waals surface area contributed by atoms with E-state index in [4.69, 9.17) is 4.74 Å². The first-order chi connectivity index (χ1) is 12.9. The highest BCUT2D eigenvalue weighted by atomic mass is 19.1. The first-order valence-corrected chi connectivity index (χ1v) is 8.39. The van der Waals surface area contributed by atoms with Gasteiger partial charge in [-0.3, -0.25) is 9.59 Å². The van der Waals surface area contributed by atoms with Crippen molar-refractivity contribution >= 4 is 23.5 Å². The second-order valence-corrected chi connectivity index (χ2v) is 5.80. The number of hydrogen-bond donors (Lipinski definition) is 1. The Bertz CT molecular complexity index is 838. The zero-order valence-corrected chi connectivity index (χ0v) is 15.2. The van der Waals surface area contributed by atoms with Crippen LogP contribution < -0.4 is 10.2 Å². The highest BCUT2D eigenvalue weighted by Gasteiger charge is 2.20. The van der Waals surface area contributed by atoms with Crippen molar-refractivity contribution in [3.8, 4) is 0 Å². The van der Waals surface area contributed by atoms with Crippen LogP contribution in [-0.4, -0.2) is 31.4 Å². The Hall–Kier alpha value is -3.22. The number of carbonyl (C=O) groups excluding carboxylic acids is 3. The molecular formula is C20H21FN2O4. The van der Waals surface area contributed by atoms with E-state index >= 15 is 0 Å². The van der Waals surface area contributed by atoms with Crippen LogP contribution in [0.3, 0.4) is 0 Å². The third-order valence-corrected chi connectivity index (χ3v) is 3.98. The molecule has 27 heavy (non-hydrogen) atoms. The smallest absolute Gasteiger partial charge is 0.339 e. The van der Waals surface area contributed by atoms with E-state index in [1.54, 1.807) is 42.5 Å². The number of nitrogens with zero attached hydrogens (tertiary/aromatic N) is 1. The number of methoxy groups -OCH3 is 1. The number of anilines is 1. The van der Waals surface area contributed by atoms with Crippen molar-refractivity contribution in [2.75, 3.05) is 18.6 Å². The zero-order chi connectivity index (χ0) is 19.8. The van der Waals surface area contributed by atoms with Crippen molar-refractivity contribution in [3.63, 3.8) is 0 Å². The summed E-state index contributed by atoms with van der Waals surface area (Å²) in [5.74, 6) is -1.61. The maximum Gasteiger partial charge on any atom is 0.339 e. The fraction of sp³-hybridized carbons (Fsp3) is 0.250. The number of esters is 1. The van der Waals surface area contributed by atoms with Gasteiger partial charge in [-0.1, -0.05) is 30.3 Å². The number of hydrogen-bond acceptors (Lipinski definition) is 4. The number of halogens is 1. The molecule has 2 rings (SSSR count). The van der Waals surface area contributed by atoms with Gasteiger partial charge in [-0.25, -0.2) is 9.18 Å². The molecule has 0 radical (unpaired) electrons. The molecular weight excluding hydrogens is 351 g/mol. The molecule has 0 aliphatic rings. The summed E-state index contributed by atoms with van der Waals surface area (Å²) in [7, 11) is 1.26. The molecule has 2 amide bonds. The standard InChI is InChI=1S/C20H21FN2O4/c1-14(24)23(18-10-6-4-8-16(18)20(26)27-2)12-11-19(25)22-13-15-7-3-5-9-17(15)21/h3-10H,11-13H2,1-2H3,(H,22,25). The van der Waals surface area contributed by atoms with Gasteiger partial charge in [-0.2, -0.15) is 0 Å². The maximum absolute atomic E-state index is 13.6. The summed E-state index contributed by atoms with van der Waals surface area (Å²) in [6.45, 7) is 1.49. The number of ether oxygens (including phenoxy) is 1. The zero-order valence-electron chi connectivity index (χ0n) is 15.2. The Morgan fingerprint density at radius 3 is 2.41 bits per heavy atom. The van der Waals surface area contributed by atoms with E-state index in [1.807, 2.05) is 0 Å². The topological polar surface area (TPSA) is 75.7 Å². The lowest BCUT2D eigenvalue weighted by Gasteiger charge is -2.23. The summed E-state index contributed by atoms with van der Waals surface area (Å²) in [6, 6.07) is 12.7. The van der Waals surface area contributed by atoms with Crippen LogP contribution in [0.2, 0.25) is 0 Å². The van der Waals surface area contributed by atoms with Gasteiger partial charge in [0.15, 0.2) is 0 Å². The van der Waals surface area contributed by atoms with Crippen molar-refractivity contribution in [3.05, 3.63) is 65.5 Å². The van der Waals surface area contributed by atoms with Gasteiger partial charge in [0.2, 0.25) is 11.8 Å². The van der Waals surface area contributed by atoms with Crippen molar-refractivity contribution in [2.45, 2.75) is 19.9 Å². The molecule has 1 N–H and O–H groups in total. The van der Waals surface area contributed by atoms with E-state index in [0.717, 1.165) is 0 Å². The van der Waals surface area contributed by atoms with Gasteiger partial charge in [0.05, 0.1) is 18.4 Å². The average Bonchev–Trinajstić information content (AvgIpc) is 2.67. The molecule has 2 aromatic carbocycles. The number of benzene rings is 2. The minimum Gasteiger partial charge on any atom is -0.465 e. The highest BCUT2D eigenvalue weighted by Crippen LogP contribution is 2.22. The lowest BCUT2D eigenvalue weighted by Crippen LogP contribution is -2.34. The lowest BCUT2D eigenvalue weighted by molar-refractivity contribution is -0.121. The summed E-state index contributed by atoms with van der Waals surface area (Å²) >= 11 is 0. The Labute approximate surface area is 156 Å². The molecule has 2 aromatic rings. The van der Waals surface area contributed by atoms with E-state index in [1.165, 1.54) is 25.0 Å². The van der Waals surface area contributed by atoms with Crippen LogP contribution in [0.1, 0.15) is 29.3 Å². The number of rotatable bonds is 7. The van der Waals surface area contributed by atoms with Crippen LogP contribution in [0, 0.1) is 5.82 Å². The van der Waals surface area contributed by atoms with Crippen LogP contribution in [0.4, 0.5) is 10.1 Å². The molecule has 0 atom stereocenters. The number of carbonyl (C=O) groups is 3. The summed E-state index contributed by atoms with van der Waals surface area (Å²) in [5.41, 5.74) is 0.992. The number of amides is 2. The Kier molecular flexibility index (Phi) is 7.05. The molecule has 0 fully saturated rings. The van der Waals surface area contributed by atoms with E-state index in [9.17, 15) is 18.8 Å². The summed E-state index contributed by atoms with van der Waals surface area (Å²) < 4.78 is 18.3. The fourth-order valence-corrected chi connectivity index (χ4v) is 2.58. The highest BCUT2D eigenvalue weighted by molar-refractivity contribution is 6.02. The first kappa shape index (κ1) is 20.1. The molecule has 7 heteroatoms. The maximum atomic E-state index is 13.6. The second kappa shape index (κ2) is 9.47. The van der Waals surface area contributed by atoms with Gasteiger partial charge >= 0.3 is 5.97 Å². The van der Waals surface area contributed by atoms with Crippen molar-refractivity contribution in [1.29, 1.82) is 0 Å². The molecule has 0 bridgehead atoms. The van der Waals surface area contributed by atoms with Crippen LogP contribution in [0.5, 0.6) is 0 Å². The summed E-state index contributed by atoms with van der Waals surface area (Å²) in [4.78, 5) is 37.4. The number of nitrogens with one attached hydrogen (secondary N) is 1. The molecule has 0 unspecified atom stereocenters. The molecule has 0 saturated carbocycles. The minimum atomic E-state index is -0.569. The first-order valence-electron chi connectivity index (χ1n) is 8.39. The summed E-state index contributed by atoms with van der Waals surface area (Å²) in [5, 5.41) is 2.63. The lowest BCUT2D eigenvalue weighted by atomic mass is 10.1. The fourth-order valence-electron chi connectivity index (χ4n) is 2.58. The van der Waals surface area contributed by atoms with Gasteiger partial charge in [0, 0.05) is 32.0 Å². The molecule has 142 valence electrons. The quantitative estimate of drug-likeness (QED) is 0.758. The predicted octanol–water partition coefficient (Wildman–Crippen LogP) is 2.67. The largest absolute Gasteiger partial charge is 0.465 e. The van der Waals surface area contributed by atoms with Gasteiger partial charge in [-0.15, -0.1) is 0 Å². The van der Waals surface area contributed by atoms with Gasteiger partial charge in [-0.05, 0) is 18.2 Å². The van der Waals surface area contributed by atoms with E-state index in [2.05, 4.69) is 5.32 Å². The third kappa shape index (κ3) is 5.37. The monoisotopic (exact) mass is 372 g/mol. The average molecular weight is 372 g/mol. The van der Waals surface area contributed by atoms with Crippen LogP contribution in [0.25, 0.3) is 0 Å². The number of para-hydroxylation sites is 1. The Morgan fingerprint density at radius 2 is 1.74 bits per heavy atom. The molecule has 0 spiro atoms. The Morgan fingerprint density at radius 1 is 1.07 bits per heavy atom. The van der Waals surface area contributed by atoms with E-state index in [-0.39, 0.29) is 36.9 Å². The molecule has 0 heterocycles. The van der Waals surface area contributed by atoms with Gasteiger partial charge in [0.1, 0.15) is 5.82 Å². The molecule has 0 aliphatic heterocycles.